The Hall–Kier alpha value is -2.92. The lowest BCUT2D eigenvalue weighted by Gasteiger charge is -2.24. The molecule has 0 amide bonds. The predicted octanol–water partition coefficient (Wildman–Crippen LogP) is 4.13. The maximum absolute atomic E-state index is 10.0. The second-order valence-corrected chi connectivity index (χ2v) is 10.7. The lowest BCUT2D eigenvalue weighted by atomic mass is 9.98. The standard InChI is InChI=1S/C28H36N4O6/c1-28(2)37-23-21(14-33)36-27(24(23)38-28)32-13-19(16-7-5-6-8-16)22-25(30-15-31-26(22)32)29-12-17-9-10-18(34-3)11-20(17)35-4/h9-11,13,15-16,21,23-24,27,33H,5-8,12,14H2,1-4H3,(H,29,30,31)/t21-,23-,24-,27-/m1/s1. The third kappa shape index (κ3) is 4.39. The van der Waals surface area contributed by atoms with E-state index >= 15 is 0 Å². The van der Waals surface area contributed by atoms with Crippen molar-refractivity contribution in [3.05, 3.63) is 41.9 Å². The minimum atomic E-state index is -0.749. The zero-order valence-electron chi connectivity index (χ0n) is 22.3. The smallest absolute Gasteiger partial charge is 0.164 e. The lowest BCUT2D eigenvalue weighted by molar-refractivity contribution is -0.199. The normalized spacial score (nSPS) is 26.7. The number of hydrogen-bond acceptors (Lipinski definition) is 9. The zero-order valence-corrected chi connectivity index (χ0v) is 22.3. The van der Waals surface area contributed by atoms with Crippen LogP contribution in [0, 0.1) is 0 Å². The van der Waals surface area contributed by atoms with Crippen LogP contribution < -0.4 is 14.8 Å². The summed E-state index contributed by atoms with van der Waals surface area (Å²) in [6.07, 6.45) is 6.76. The van der Waals surface area contributed by atoms with Crippen molar-refractivity contribution in [3.63, 3.8) is 0 Å². The molecule has 38 heavy (non-hydrogen) atoms. The Morgan fingerprint density at radius 3 is 2.63 bits per heavy atom. The first-order valence-corrected chi connectivity index (χ1v) is 13.3. The van der Waals surface area contributed by atoms with E-state index in [0.29, 0.717) is 12.5 Å². The number of ether oxygens (including phenoxy) is 5. The summed E-state index contributed by atoms with van der Waals surface area (Å²) in [6, 6.07) is 5.79. The minimum Gasteiger partial charge on any atom is -0.497 e. The van der Waals surface area contributed by atoms with Crippen LogP contribution in [0.15, 0.2) is 30.7 Å². The summed E-state index contributed by atoms with van der Waals surface area (Å²) in [6.45, 7) is 4.17. The summed E-state index contributed by atoms with van der Waals surface area (Å²) in [4.78, 5) is 9.39. The molecule has 0 spiro atoms. The minimum absolute atomic E-state index is 0.142. The van der Waals surface area contributed by atoms with E-state index in [4.69, 9.17) is 28.7 Å². The van der Waals surface area contributed by atoms with Crippen LogP contribution in [0.4, 0.5) is 5.82 Å². The van der Waals surface area contributed by atoms with Crippen molar-refractivity contribution in [3.8, 4) is 11.5 Å². The molecule has 2 N–H and O–H groups in total. The van der Waals surface area contributed by atoms with Crippen LogP contribution in [-0.2, 0) is 20.8 Å². The quantitative estimate of drug-likeness (QED) is 0.450. The molecule has 204 valence electrons. The number of hydrogen-bond donors (Lipinski definition) is 2. The molecule has 4 atom stereocenters. The van der Waals surface area contributed by atoms with Gasteiger partial charge in [0.15, 0.2) is 12.0 Å². The van der Waals surface area contributed by atoms with Crippen LogP contribution in [0.5, 0.6) is 11.5 Å². The Morgan fingerprint density at radius 1 is 1.11 bits per heavy atom. The van der Waals surface area contributed by atoms with Crippen molar-refractivity contribution in [2.45, 2.75) is 82.3 Å². The topological polar surface area (TPSA) is 109 Å². The van der Waals surface area contributed by atoms with Gasteiger partial charge in [-0.25, -0.2) is 9.97 Å². The van der Waals surface area contributed by atoms with Gasteiger partial charge in [0, 0.05) is 24.4 Å². The third-order valence-corrected chi connectivity index (χ3v) is 7.95. The molecule has 3 aromatic rings. The van der Waals surface area contributed by atoms with Crippen LogP contribution in [0.1, 0.15) is 62.8 Å². The fourth-order valence-corrected chi connectivity index (χ4v) is 6.19. The van der Waals surface area contributed by atoms with Crippen molar-refractivity contribution in [1.29, 1.82) is 0 Å². The number of anilines is 1. The number of nitrogens with one attached hydrogen (secondary N) is 1. The van der Waals surface area contributed by atoms with Crippen LogP contribution in [-0.4, -0.2) is 64.6 Å². The number of aliphatic hydroxyl groups is 1. The van der Waals surface area contributed by atoms with Crippen LogP contribution in [0.2, 0.25) is 0 Å². The van der Waals surface area contributed by atoms with Gasteiger partial charge in [-0.2, -0.15) is 0 Å². The molecule has 0 radical (unpaired) electrons. The van der Waals surface area contributed by atoms with E-state index in [2.05, 4.69) is 21.1 Å². The lowest BCUT2D eigenvalue weighted by Crippen LogP contribution is -2.31. The third-order valence-electron chi connectivity index (χ3n) is 7.95. The molecule has 1 saturated carbocycles. The first-order chi connectivity index (χ1) is 18.4. The molecule has 6 rings (SSSR count). The second-order valence-electron chi connectivity index (χ2n) is 10.7. The Labute approximate surface area is 222 Å². The molecule has 2 aliphatic heterocycles. The average Bonchev–Trinajstić information content (AvgIpc) is 3.70. The first-order valence-electron chi connectivity index (χ1n) is 13.3. The summed E-state index contributed by atoms with van der Waals surface area (Å²) in [5.74, 6) is 1.93. The van der Waals surface area contributed by atoms with E-state index in [0.717, 1.165) is 46.8 Å². The zero-order chi connectivity index (χ0) is 26.4. The first kappa shape index (κ1) is 25.4. The van der Waals surface area contributed by atoms with Gasteiger partial charge in [-0.3, -0.25) is 0 Å². The molecule has 1 aromatic carbocycles. The van der Waals surface area contributed by atoms with Crippen molar-refractivity contribution < 1.29 is 28.8 Å². The molecule has 1 aliphatic carbocycles. The van der Waals surface area contributed by atoms with E-state index in [1.165, 1.54) is 18.4 Å². The van der Waals surface area contributed by atoms with Gasteiger partial charge >= 0.3 is 0 Å². The highest BCUT2D eigenvalue weighted by atomic mass is 16.8. The van der Waals surface area contributed by atoms with Gasteiger partial charge in [-0.15, -0.1) is 0 Å². The van der Waals surface area contributed by atoms with Gasteiger partial charge in [0.05, 0.1) is 26.2 Å². The number of aromatic nitrogens is 3. The largest absolute Gasteiger partial charge is 0.497 e. The van der Waals surface area contributed by atoms with E-state index in [1.807, 2.05) is 32.0 Å². The molecule has 3 fully saturated rings. The Morgan fingerprint density at radius 2 is 1.89 bits per heavy atom. The monoisotopic (exact) mass is 524 g/mol. The summed E-state index contributed by atoms with van der Waals surface area (Å²) < 4.78 is 31.7. The molecular formula is C28H36N4O6. The number of benzene rings is 1. The maximum atomic E-state index is 10.0. The molecule has 2 aromatic heterocycles. The molecule has 3 aliphatic rings. The second kappa shape index (κ2) is 10.00. The van der Waals surface area contributed by atoms with Crippen LogP contribution in [0.3, 0.4) is 0 Å². The van der Waals surface area contributed by atoms with Gasteiger partial charge in [-0.05, 0) is 50.3 Å². The van der Waals surface area contributed by atoms with Crippen molar-refractivity contribution in [1.82, 2.24) is 14.5 Å². The number of fused-ring (bicyclic) bond motifs is 2. The Bertz CT molecular complexity index is 1300. The fraction of sp³-hybridized carbons (Fsp3) is 0.571. The Kier molecular flexibility index (Phi) is 6.67. The van der Waals surface area contributed by atoms with E-state index in [9.17, 15) is 5.11 Å². The highest BCUT2D eigenvalue weighted by Crippen LogP contribution is 2.46. The van der Waals surface area contributed by atoms with Gasteiger partial charge in [-0.1, -0.05) is 12.8 Å². The fourth-order valence-electron chi connectivity index (χ4n) is 6.19. The molecular weight excluding hydrogens is 488 g/mol. The molecule has 10 heteroatoms. The molecule has 0 unspecified atom stereocenters. The van der Waals surface area contributed by atoms with Crippen molar-refractivity contribution >= 4 is 16.9 Å². The summed E-state index contributed by atoms with van der Waals surface area (Å²) in [7, 11) is 3.30. The molecule has 4 heterocycles. The van der Waals surface area contributed by atoms with Gasteiger partial charge in [0.1, 0.15) is 47.6 Å². The Balaban J connectivity index is 1.39. The van der Waals surface area contributed by atoms with Crippen LogP contribution in [0.25, 0.3) is 11.0 Å². The summed E-state index contributed by atoms with van der Waals surface area (Å²) in [5.41, 5.74) is 2.99. The van der Waals surface area contributed by atoms with Gasteiger partial charge in [0.25, 0.3) is 0 Å². The van der Waals surface area contributed by atoms with E-state index in [-0.39, 0.29) is 18.8 Å². The van der Waals surface area contributed by atoms with Crippen molar-refractivity contribution in [2.24, 2.45) is 0 Å². The summed E-state index contributed by atoms with van der Waals surface area (Å²) >= 11 is 0. The predicted molar refractivity (Wildman–Crippen MR) is 140 cm³/mol. The van der Waals surface area contributed by atoms with Crippen LogP contribution >= 0.6 is 0 Å². The molecule has 2 saturated heterocycles. The highest BCUT2D eigenvalue weighted by molar-refractivity contribution is 5.91. The van der Waals surface area contributed by atoms with E-state index < -0.39 is 18.1 Å². The molecule has 0 bridgehead atoms. The number of methoxy groups -OCH3 is 2. The average molecular weight is 525 g/mol. The molecule has 10 nitrogen and oxygen atoms in total. The summed E-state index contributed by atoms with van der Waals surface area (Å²) in [5, 5.41) is 14.6. The SMILES string of the molecule is COc1ccc(CNc2ncnc3c2c(C2CCCC2)cn3[C@@H]2O[C@H](CO)[C@H]3OC(C)(C)O[C@H]32)c(OC)c1. The van der Waals surface area contributed by atoms with E-state index in [1.54, 1.807) is 20.5 Å². The van der Waals surface area contributed by atoms with Gasteiger partial charge in [0.2, 0.25) is 0 Å². The number of nitrogens with zero attached hydrogens (tertiary/aromatic N) is 3. The number of rotatable bonds is 8. The number of aliphatic hydroxyl groups excluding tert-OH is 1. The van der Waals surface area contributed by atoms with Gasteiger partial charge < -0.3 is 38.7 Å². The highest BCUT2D eigenvalue weighted by Gasteiger charge is 2.56. The maximum Gasteiger partial charge on any atom is 0.164 e. The van der Waals surface area contributed by atoms with Crippen molar-refractivity contribution in [2.75, 3.05) is 26.1 Å².